The molecule has 3 rings (SSSR count). The predicted molar refractivity (Wildman–Crippen MR) is 52.0 cm³/mol. The van der Waals surface area contributed by atoms with E-state index < -0.39 is 0 Å². The molecule has 2 heterocycles. The number of benzene rings is 1. The number of nitrogen functional groups attached to an aromatic ring is 1. The summed E-state index contributed by atoms with van der Waals surface area (Å²) in [7, 11) is 1.64. The number of nitrogens with two attached hydrogens (primary N) is 1. The van der Waals surface area contributed by atoms with E-state index in [-0.39, 0.29) is 5.66 Å². The van der Waals surface area contributed by atoms with Crippen LogP contribution in [0.25, 0.3) is 0 Å². The van der Waals surface area contributed by atoms with Gasteiger partial charge >= 0.3 is 0 Å². The number of methoxy groups -OCH3 is 1. The first-order chi connectivity index (χ1) is 6.15. The van der Waals surface area contributed by atoms with E-state index in [2.05, 4.69) is 17.6 Å². The fourth-order valence-corrected chi connectivity index (χ4v) is 2.19. The molecule has 1 unspecified atom stereocenters. The normalized spacial score (nSPS) is 26.0. The Morgan fingerprint density at radius 1 is 1.46 bits per heavy atom. The molecule has 0 amide bonds. The van der Waals surface area contributed by atoms with E-state index in [4.69, 9.17) is 10.5 Å². The SMILES string of the molecule is COc1c(N)cc2c3c1NC3(C)N2. The van der Waals surface area contributed by atoms with Gasteiger partial charge in [0, 0.05) is 11.3 Å². The summed E-state index contributed by atoms with van der Waals surface area (Å²) in [6.45, 7) is 2.10. The number of anilines is 3. The molecular formula is C9H11N3O. The van der Waals surface area contributed by atoms with E-state index in [0.717, 1.165) is 17.1 Å². The Labute approximate surface area is 76.1 Å². The Morgan fingerprint density at radius 2 is 2.23 bits per heavy atom. The van der Waals surface area contributed by atoms with E-state index >= 15 is 0 Å². The Kier molecular flexibility index (Phi) is 0.893. The third-order valence-electron chi connectivity index (χ3n) is 2.77. The van der Waals surface area contributed by atoms with Gasteiger partial charge in [-0.2, -0.15) is 0 Å². The molecule has 13 heavy (non-hydrogen) atoms. The third-order valence-corrected chi connectivity index (χ3v) is 2.77. The summed E-state index contributed by atoms with van der Waals surface area (Å²) in [6.07, 6.45) is 0. The minimum atomic E-state index is -0.0361. The van der Waals surface area contributed by atoms with Gasteiger partial charge in [-0.1, -0.05) is 0 Å². The van der Waals surface area contributed by atoms with Crippen LogP contribution in [0.15, 0.2) is 6.07 Å². The number of rotatable bonds is 1. The Hall–Kier alpha value is -1.58. The highest BCUT2D eigenvalue weighted by atomic mass is 16.5. The lowest BCUT2D eigenvalue weighted by Crippen LogP contribution is -2.56. The van der Waals surface area contributed by atoms with Crippen molar-refractivity contribution < 1.29 is 4.74 Å². The highest BCUT2D eigenvalue weighted by Crippen LogP contribution is 2.59. The maximum atomic E-state index is 5.80. The molecule has 68 valence electrons. The maximum absolute atomic E-state index is 5.80. The average molecular weight is 177 g/mol. The van der Waals surface area contributed by atoms with Crippen LogP contribution in [0.2, 0.25) is 0 Å². The number of hydrogen-bond acceptors (Lipinski definition) is 4. The average Bonchev–Trinajstić information content (AvgIpc) is 2.01. The molecule has 0 fully saturated rings. The molecule has 1 aromatic rings. The zero-order valence-corrected chi connectivity index (χ0v) is 7.56. The summed E-state index contributed by atoms with van der Waals surface area (Å²) in [6, 6.07) is 1.92. The van der Waals surface area contributed by atoms with Crippen molar-refractivity contribution in [1.82, 2.24) is 0 Å². The van der Waals surface area contributed by atoms with Crippen molar-refractivity contribution >= 4 is 17.1 Å². The van der Waals surface area contributed by atoms with Crippen LogP contribution in [0.5, 0.6) is 5.75 Å². The molecule has 0 saturated carbocycles. The van der Waals surface area contributed by atoms with Gasteiger partial charge in [0.15, 0.2) is 5.75 Å². The minimum absolute atomic E-state index is 0.0361. The fraction of sp³-hybridized carbons (Fsp3) is 0.333. The molecule has 0 aromatic heterocycles. The Morgan fingerprint density at radius 3 is 2.85 bits per heavy atom. The molecule has 4 heteroatoms. The second kappa shape index (κ2) is 1.69. The van der Waals surface area contributed by atoms with Gasteiger partial charge in [-0.05, 0) is 13.0 Å². The molecule has 0 saturated heterocycles. The van der Waals surface area contributed by atoms with Crippen LogP contribution < -0.4 is 21.1 Å². The molecule has 0 bridgehead atoms. The molecule has 1 atom stereocenters. The molecule has 0 aliphatic carbocycles. The van der Waals surface area contributed by atoms with E-state index in [1.807, 2.05) is 6.07 Å². The molecule has 1 aromatic carbocycles. The second-order valence-corrected chi connectivity index (χ2v) is 3.67. The first-order valence-electron chi connectivity index (χ1n) is 4.23. The number of ether oxygens (including phenoxy) is 1. The second-order valence-electron chi connectivity index (χ2n) is 3.67. The van der Waals surface area contributed by atoms with Crippen molar-refractivity contribution in [2.24, 2.45) is 0 Å². The van der Waals surface area contributed by atoms with Crippen LogP contribution in [0.4, 0.5) is 17.1 Å². The molecule has 2 aliphatic rings. The van der Waals surface area contributed by atoms with E-state index in [1.54, 1.807) is 7.11 Å². The van der Waals surface area contributed by atoms with Crippen molar-refractivity contribution in [2.45, 2.75) is 12.6 Å². The van der Waals surface area contributed by atoms with E-state index in [9.17, 15) is 0 Å². The Balaban J connectivity index is 2.27. The van der Waals surface area contributed by atoms with Gasteiger partial charge in [0.1, 0.15) is 5.66 Å². The maximum Gasteiger partial charge on any atom is 0.165 e. The minimum Gasteiger partial charge on any atom is -0.492 e. The van der Waals surface area contributed by atoms with Crippen LogP contribution in [0.3, 0.4) is 0 Å². The van der Waals surface area contributed by atoms with Gasteiger partial charge in [0.2, 0.25) is 0 Å². The number of nitrogens with one attached hydrogen (secondary N) is 2. The van der Waals surface area contributed by atoms with Gasteiger partial charge in [-0.15, -0.1) is 0 Å². The van der Waals surface area contributed by atoms with Crippen molar-refractivity contribution in [1.29, 1.82) is 0 Å². The van der Waals surface area contributed by atoms with Crippen molar-refractivity contribution in [3.8, 4) is 5.75 Å². The summed E-state index contributed by atoms with van der Waals surface area (Å²) in [4.78, 5) is 0. The van der Waals surface area contributed by atoms with Gasteiger partial charge in [0.25, 0.3) is 0 Å². The van der Waals surface area contributed by atoms with Gasteiger partial charge < -0.3 is 21.1 Å². The predicted octanol–water partition coefficient (Wildman–Crippen LogP) is 1.30. The van der Waals surface area contributed by atoms with Crippen LogP contribution in [0, 0.1) is 0 Å². The van der Waals surface area contributed by atoms with Crippen molar-refractivity contribution in [3.63, 3.8) is 0 Å². The van der Waals surface area contributed by atoms with E-state index in [0.29, 0.717) is 5.69 Å². The molecule has 2 aliphatic heterocycles. The van der Waals surface area contributed by atoms with Crippen molar-refractivity contribution in [3.05, 3.63) is 11.6 Å². The first kappa shape index (κ1) is 6.88. The summed E-state index contributed by atoms with van der Waals surface area (Å²) < 4.78 is 5.21. The van der Waals surface area contributed by atoms with Crippen LogP contribution in [-0.2, 0) is 5.66 Å². The fourth-order valence-electron chi connectivity index (χ4n) is 2.19. The smallest absolute Gasteiger partial charge is 0.165 e. The summed E-state index contributed by atoms with van der Waals surface area (Å²) in [5.41, 5.74) is 9.89. The molecule has 4 N–H and O–H groups in total. The number of hydrogen-bond donors (Lipinski definition) is 3. The van der Waals surface area contributed by atoms with Crippen LogP contribution >= 0.6 is 0 Å². The molecular weight excluding hydrogens is 166 g/mol. The standard InChI is InChI=1S/C9H11N3O/c1-9-6-5(11-9)3-4(10)8(13-2)7(6)12-9/h3,11-12H,10H2,1-2H3. The highest BCUT2D eigenvalue weighted by Gasteiger charge is 2.50. The largest absolute Gasteiger partial charge is 0.492 e. The molecule has 0 spiro atoms. The van der Waals surface area contributed by atoms with Crippen LogP contribution in [-0.4, -0.2) is 7.11 Å². The van der Waals surface area contributed by atoms with Crippen molar-refractivity contribution in [2.75, 3.05) is 23.5 Å². The zero-order chi connectivity index (χ0) is 9.22. The lowest BCUT2D eigenvalue weighted by Gasteiger charge is -2.54. The Bertz CT molecular complexity index is 402. The lowest BCUT2D eigenvalue weighted by atomic mass is 9.81. The molecule has 4 nitrogen and oxygen atoms in total. The third kappa shape index (κ3) is 0.557. The zero-order valence-electron chi connectivity index (χ0n) is 7.56. The summed E-state index contributed by atoms with van der Waals surface area (Å²) >= 11 is 0. The summed E-state index contributed by atoms with van der Waals surface area (Å²) in [5.74, 6) is 0.762. The van der Waals surface area contributed by atoms with Crippen LogP contribution in [0.1, 0.15) is 12.5 Å². The highest BCUT2D eigenvalue weighted by molar-refractivity contribution is 5.94. The van der Waals surface area contributed by atoms with Gasteiger partial charge in [0.05, 0.1) is 18.5 Å². The van der Waals surface area contributed by atoms with E-state index in [1.165, 1.54) is 5.56 Å². The summed E-state index contributed by atoms with van der Waals surface area (Å²) in [5, 5.41) is 6.57. The van der Waals surface area contributed by atoms with Gasteiger partial charge in [-0.3, -0.25) is 0 Å². The molecule has 0 radical (unpaired) electrons. The first-order valence-corrected chi connectivity index (χ1v) is 4.23. The van der Waals surface area contributed by atoms with Gasteiger partial charge in [-0.25, -0.2) is 0 Å². The topological polar surface area (TPSA) is 59.3 Å². The lowest BCUT2D eigenvalue weighted by molar-refractivity contribution is 0.407. The monoisotopic (exact) mass is 177 g/mol. The quantitative estimate of drug-likeness (QED) is 0.566.